The summed E-state index contributed by atoms with van der Waals surface area (Å²) in [5, 5.41) is 6.07. The number of carbonyl (C=O) groups is 1. The molecule has 1 atom stereocenters. The second-order valence-electron chi connectivity index (χ2n) is 3.66. The number of methoxy groups -OCH3 is 1. The molecule has 0 aliphatic carbocycles. The van der Waals surface area contributed by atoms with Crippen LogP contribution in [0.1, 0.15) is 19.8 Å². The van der Waals surface area contributed by atoms with Gasteiger partial charge in [0.15, 0.2) is 0 Å². The van der Waals surface area contributed by atoms with Crippen molar-refractivity contribution in [2.75, 3.05) is 38.8 Å². The van der Waals surface area contributed by atoms with Crippen LogP contribution in [0.3, 0.4) is 0 Å². The van der Waals surface area contributed by atoms with Crippen molar-refractivity contribution >= 4 is 17.7 Å². The first kappa shape index (κ1) is 15.7. The fraction of sp³-hybridized carbons (Fsp3) is 0.909. The highest BCUT2D eigenvalue weighted by atomic mass is 32.2. The fourth-order valence-electron chi connectivity index (χ4n) is 1.21. The monoisotopic (exact) mass is 248 g/mol. The van der Waals surface area contributed by atoms with E-state index in [1.807, 2.05) is 18.7 Å². The Kier molecular flexibility index (Phi) is 11.0. The molecule has 0 aromatic heterocycles. The summed E-state index contributed by atoms with van der Waals surface area (Å²) in [6.45, 7) is 4.16. The molecule has 0 aliphatic heterocycles. The Hall–Kier alpha value is -0.260. The summed E-state index contributed by atoms with van der Waals surface area (Å²) in [6.07, 6.45) is 4.05. The molecule has 2 N–H and O–H groups in total. The molecular weight excluding hydrogens is 224 g/mol. The molecule has 0 fully saturated rings. The molecule has 0 bridgehead atoms. The largest absolute Gasteiger partial charge is 0.385 e. The molecule has 0 aromatic carbocycles. The number of hydrogen-bond donors (Lipinski definition) is 2. The van der Waals surface area contributed by atoms with E-state index in [1.165, 1.54) is 0 Å². The zero-order valence-corrected chi connectivity index (χ0v) is 11.4. The minimum absolute atomic E-state index is 0.0697. The van der Waals surface area contributed by atoms with E-state index in [1.54, 1.807) is 7.11 Å². The van der Waals surface area contributed by atoms with E-state index in [2.05, 4.69) is 16.9 Å². The summed E-state index contributed by atoms with van der Waals surface area (Å²) < 4.78 is 4.91. The van der Waals surface area contributed by atoms with Crippen LogP contribution in [0.5, 0.6) is 0 Å². The minimum Gasteiger partial charge on any atom is -0.385 e. The van der Waals surface area contributed by atoms with Crippen molar-refractivity contribution < 1.29 is 9.53 Å². The van der Waals surface area contributed by atoms with Gasteiger partial charge in [-0.2, -0.15) is 11.8 Å². The number of nitrogens with one attached hydrogen (secondary N) is 2. The molecule has 0 spiro atoms. The van der Waals surface area contributed by atoms with Gasteiger partial charge in [0.2, 0.25) is 5.91 Å². The maximum absolute atomic E-state index is 11.6. The van der Waals surface area contributed by atoms with Gasteiger partial charge in [-0.15, -0.1) is 0 Å². The van der Waals surface area contributed by atoms with Crippen molar-refractivity contribution in [1.29, 1.82) is 0 Å². The average Bonchev–Trinajstić information content (AvgIpc) is 2.29. The lowest BCUT2D eigenvalue weighted by Crippen LogP contribution is -2.43. The number of hydrogen-bond acceptors (Lipinski definition) is 4. The third kappa shape index (κ3) is 9.00. The van der Waals surface area contributed by atoms with E-state index in [4.69, 9.17) is 4.74 Å². The maximum atomic E-state index is 11.6. The van der Waals surface area contributed by atoms with Gasteiger partial charge in [-0.3, -0.25) is 4.79 Å². The van der Waals surface area contributed by atoms with Crippen molar-refractivity contribution in [3.8, 4) is 0 Å². The number of rotatable bonds is 10. The quantitative estimate of drug-likeness (QED) is 0.563. The molecule has 4 nitrogen and oxygen atoms in total. The molecule has 0 rings (SSSR count). The van der Waals surface area contributed by atoms with E-state index in [0.717, 1.165) is 25.1 Å². The van der Waals surface area contributed by atoms with Crippen LogP contribution < -0.4 is 10.6 Å². The van der Waals surface area contributed by atoms with Crippen LogP contribution in [0.25, 0.3) is 0 Å². The number of carbonyl (C=O) groups excluding carboxylic acids is 1. The van der Waals surface area contributed by atoms with Crippen LogP contribution >= 0.6 is 11.8 Å². The first-order valence-corrected chi connectivity index (χ1v) is 7.10. The third-order valence-electron chi connectivity index (χ3n) is 2.19. The molecule has 0 aromatic rings. The van der Waals surface area contributed by atoms with Crippen molar-refractivity contribution in [3.63, 3.8) is 0 Å². The molecule has 0 heterocycles. The Morgan fingerprint density at radius 3 is 2.75 bits per heavy atom. The smallest absolute Gasteiger partial charge is 0.236 e. The molecule has 1 amide bonds. The Bertz CT molecular complexity index is 179. The van der Waals surface area contributed by atoms with Gasteiger partial charge in [-0.1, -0.05) is 0 Å². The van der Waals surface area contributed by atoms with Crippen molar-refractivity contribution in [1.82, 2.24) is 10.6 Å². The second kappa shape index (κ2) is 11.2. The van der Waals surface area contributed by atoms with E-state index >= 15 is 0 Å². The first-order valence-electron chi connectivity index (χ1n) is 5.71. The van der Waals surface area contributed by atoms with Gasteiger partial charge in [0.05, 0.1) is 6.04 Å². The fourth-order valence-corrected chi connectivity index (χ4v) is 1.64. The topological polar surface area (TPSA) is 50.4 Å². The summed E-state index contributed by atoms with van der Waals surface area (Å²) >= 11 is 1.83. The number of ether oxygens (including phenoxy) is 1. The molecule has 0 saturated carbocycles. The van der Waals surface area contributed by atoms with Crippen LogP contribution in [-0.2, 0) is 9.53 Å². The van der Waals surface area contributed by atoms with Gasteiger partial charge in [0.1, 0.15) is 0 Å². The average molecular weight is 248 g/mol. The Balaban J connectivity index is 3.42. The summed E-state index contributed by atoms with van der Waals surface area (Å²) in [4.78, 5) is 11.6. The first-order chi connectivity index (χ1) is 7.72. The predicted octanol–water partition coefficient (Wildman–Crippen LogP) is 0.870. The summed E-state index contributed by atoms with van der Waals surface area (Å²) in [5.74, 6) is 1.20. The molecule has 0 aliphatic rings. The predicted molar refractivity (Wildman–Crippen MR) is 70.0 cm³/mol. The molecule has 16 heavy (non-hydrogen) atoms. The van der Waals surface area contributed by atoms with Crippen LogP contribution in [0.2, 0.25) is 0 Å². The molecule has 0 radical (unpaired) electrons. The normalized spacial score (nSPS) is 12.4. The summed E-state index contributed by atoms with van der Waals surface area (Å²) in [7, 11) is 1.66. The van der Waals surface area contributed by atoms with Crippen molar-refractivity contribution in [2.45, 2.75) is 25.8 Å². The maximum Gasteiger partial charge on any atom is 0.236 e. The molecule has 0 saturated heterocycles. The van der Waals surface area contributed by atoms with Crippen LogP contribution in [0.15, 0.2) is 0 Å². The Morgan fingerprint density at radius 2 is 2.12 bits per heavy atom. The van der Waals surface area contributed by atoms with Gasteiger partial charge in [0.25, 0.3) is 0 Å². The molecule has 5 heteroatoms. The van der Waals surface area contributed by atoms with Crippen molar-refractivity contribution in [3.05, 3.63) is 0 Å². The lowest BCUT2D eigenvalue weighted by molar-refractivity contribution is -0.122. The van der Waals surface area contributed by atoms with Gasteiger partial charge in [-0.05, 0) is 38.3 Å². The minimum atomic E-state index is -0.107. The van der Waals surface area contributed by atoms with Crippen LogP contribution in [0, 0.1) is 0 Å². The van der Waals surface area contributed by atoms with Crippen LogP contribution in [-0.4, -0.2) is 50.8 Å². The highest BCUT2D eigenvalue weighted by Crippen LogP contribution is 1.94. The zero-order chi connectivity index (χ0) is 12.2. The summed E-state index contributed by atoms with van der Waals surface area (Å²) in [5.41, 5.74) is 0. The SMILES string of the molecule is COCCCNC(=O)C(C)NCCCSC. The van der Waals surface area contributed by atoms with Gasteiger partial charge < -0.3 is 15.4 Å². The van der Waals surface area contributed by atoms with E-state index < -0.39 is 0 Å². The highest BCUT2D eigenvalue weighted by molar-refractivity contribution is 7.98. The third-order valence-corrected chi connectivity index (χ3v) is 2.89. The summed E-state index contributed by atoms with van der Waals surface area (Å²) in [6, 6.07) is -0.107. The lowest BCUT2D eigenvalue weighted by Gasteiger charge is -2.13. The number of amides is 1. The molecule has 96 valence electrons. The Morgan fingerprint density at radius 1 is 1.38 bits per heavy atom. The van der Waals surface area contributed by atoms with Gasteiger partial charge in [-0.25, -0.2) is 0 Å². The van der Waals surface area contributed by atoms with E-state index in [-0.39, 0.29) is 11.9 Å². The van der Waals surface area contributed by atoms with E-state index in [0.29, 0.717) is 13.2 Å². The van der Waals surface area contributed by atoms with Gasteiger partial charge >= 0.3 is 0 Å². The molecular formula is C11H24N2O2S. The highest BCUT2D eigenvalue weighted by Gasteiger charge is 2.10. The second-order valence-corrected chi connectivity index (χ2v) is 4.65. The van der Waals surface area contributed by atoms with Crippen molar-refractivity contribution in [2.24, 2.45) is 0 Å². The lowest BCUT2D eigenvalue weighted by atomic mass is 10.3. The standard InChI is InChI=1S/C11H24N2O2S/c1-10(12-7-5-9-16-3)11(14)13-6-4-8-15-2/h10,12H,4-9H2,1-3H3,(H,13,14). The zero-order valence-electron chi connectivity index (χ0n) is 10.5. The van der Waals surface area contributed by atoms with Gasteiger partial charge in [0, 0.05) is 20.3 Å². The van der Waals surface area contributed by atoms with Crippen LogP contribution in [0.4, 0.5) is 0 Å². The van der Waals surface area contributed by atoms with E-state index in [9.17, 15) is 4.79 Å². The molecule has 1 unspecified atom stereocenters. The Labute approximate surface area is 103 Å². The number of thioether (sulfide) groups is 1.